The Balaban J connectivity index is 1.40. The monoisotopic (exact) mass is 511 g/mol. The van der Waals surface area contributed by atoms with E-state index in [2.05, 4.69) is 15.2 Å². The van der Waals surface area contributed by atoms with Gasteiger partial charge >= 0.3 is 12.5 Å². The number of carbonyl (C=O) groups excluding carboxylic acids is 2. The van der Waals surface area contributed by atoms with Gasteiger partial charge in [0.05, 0.1) is 23.4 Å². The van der Waals surface area contributed by atoms with Gasteiger partial charge in [-0.2, -0.15) is 8.78 Å². The molecule has 2 atom stereocenters. The zero-order valence-corrected chi connectivity index (χ0v) is 20.7. The molecule has 37 heavy (non-hydrogen) atoms. The second-order valence-corrected chi connectivity index (χ2v) is 10.2. The number of aromatic nitrogens is 3. The van der Waals surface area contributed by atoms with Crippen LogP contribution < -0.4 is 0 Å². The van der Waals surface area contributed by atoms with Crippen LogP contribution in [0.4, 0.5) is 13.6 Å². The number of piperidine rings is 1. The molecule has 2 aromatic heterocycles. The number of alkyl halides is 2. The standard InChI is InChI=1S/C26H27F2N5O4/c1-26(2,3)37-25(35)32-10-9-20(18(13-32)15-7-5-4-6-8-15)33-14-19-17(24(33)34)11-16(12-29-19)22-30-31-23(36-22)21(27)28/h4-8,11-12,18,20-21H,9-10,13-14H2,1-3H3/t18-,20-/m1/s1. The lowest BCUT2D eigenvalue weighted by Crippen LogP contribution is -2.52. The molecule has 5 rings (SSSR count). The lowest BCUT2D eigenvalue weighted by Gasteiger charge is -2.43. The maximum absolute atomic E-state index is 13.6. The fourth-order valence-electron chi connectivity index (χ4n) is 4.85. The number of likely N-dealkylation sites (tertiary alicyclic amines) is 1. The minimum absolute atomic E-state index is 0.121. The third-order valence-corrected chi connectivity index (χ3v) is 6.51. The molecule has 0 saturated carbocycles. The highest BCUT2D eigenvalue weighted by Crippen LogP contribution is 2.37. The summed E-state index contributed by atoms with van der Waals surface area (Å²) in [4.78, 5) is 34.3. The van der Waals surface area contributed by atoms with Crippen molar-refractivity contribution in [2.24, 2.45) is 0 Å². The average Bonchev–Trinajstić information content (AvgIpc) is 3.48. The van der Waals surface area contributed by atoms with Gasteiger partial charge in [-0.25, -0.2) is 4.79 Å². The molecule has 1 saturated heterocycles. The van der Waals surface area contributed by atoms with E-state index in [1.165, 1.54) is 6.20 Å². The number of hydrogen-bond acceptors (Lipinski definition) is 7. The highest BCUT2D eigenvalue weighted by molar-refractivity contribution is 5.99. The van der Waals surface area contributed by atoms with Gasteiger partial charge in [0, 0.05) is 31.2 Å². The van der Waals surface area contributed by atoms with E-state index in [0.717, 1.165) is 5.56 Å². The van der Waals surface area contributed by atoms with Crippen LogP contribution in [0.1, 0.15) is 67.0 Å². The van der Waals surface area contributed by atoms with Crippen LogP contribution in [0, 0.1) is 0 Å². The third kappa shape index (κ3) is 5.03. The van der Waals surface area contributed by atoms with Crippen molar-refractivity contribution in [3.8, 4) is 11.5 Å². The van der Waals surface area contributed by atoms with Crippen molar-refractivity contribution in [2.45, 2.75) is 57.7 Å². The normalized spacial score (nSPS) is 19.9. The fourth-order valence-corrected chi connectivity index (χ4v) is 4.85. The molecule has 9 nitrogen and oxygen atoms in total. The van der Waals surface area contributed by atoms with Crippen molar-refractivity contribution < 1.29 is 27.5 Å². The smallest absolute Gasteiger partial charge is 0.410 e. The second kappa shape index (κ2) is 9.53. The molecule has 0 radical (unpaired) electrons. The quantitative estimate of drug-likeness (QED) is 0.495. The van der Waals surface area contributed by atoms with Gasteiger partial charge in [0.25, 0.3) is 11.8 Å². The molecule has 194 valence electrons. The van der Waals surface area contributed by atoms with Gasteiger partial charge in [0.2, 0.25) is 5.89 Å². The Bertz CT molecular complexity index is 1310. The van der Waals surface area contributed by atoms with Gasteiger partial charge in [-0.3, -0.25) is 9.78 Å². The highest BCUT2D eigenvalue weighted by Gasteiger charge is 2.42. The minimum atomic E-state index is -2.89. The summed E-state index contributed by atoms with van der Waals surface area (Å²) in [5.41, 5.74) is 1.66. The number of carbonyl (C=O) groups is 2. The number of halogens is 2. The fraction of sp³-hybridized carbons (Fsp3) is 0.423. The summed E-state index contributed by atoms with van der Waals surface area (Å²) in [6, 6.07) is 11.2. The number of benzene rings is 1. The van der Waals surface area contributed by atoms with Gasteiger partial charge in [0.1, 0.15) is 5.60 Å². The summed E-state index contributed by atoms with van der Waals surface area (Å²) in [5, 5.41) is 7.01. The largest absolute Gasteiger partial charge is 0.444 e. The number of amides is 2. The first-order chi connectivity index (χ1) is 17.6. The third-order valence-electron chi connectivity index (χ3n) is 6.51. The number of pyridine rings is 1. The molecule has 2 amide bonds. The van der Waals surface area contributed by atoms with E-state index in [1.54, 1.807) is 15.9 Å². The van der Waals surface area contributed by atoms with Crippen molar-refractivity contribution in [2.75, 3.05) is 13.1 Å². The number of rotatable bonds is 4. The molecule has 1 aromatic carbocycles. The van der Waals surface area contributed by atoms with Crippen molar-refractivity contribution in [3.63, 3.8) is 0 Å². The molecular weight excluding hydrogens is 484 g/mol. The van der Waals surface area contributed by atoms with Crippen molar-refractivity contribution in [1.82, 2.24) is 25.0 Å². The van der Waals surface area contributed by atoms with Gasteiger partial charge in [-0.15, -0.1) is 10.2 Å². The van der Waals surface area contributed by atoms with E-state index in [9.17, 15) is 18.4 Å². The van der Waals surface area contributed by atoms with Crippen molar-refractivity contribution in [3.05, 3.63) is 65.3 Å². The Morgan fingerprint density at radius 1 is 1.19 bits per heavy atom. The summed E-state index contributed by atoms with van der Waals surface area (Å²) in [7, 11) is 0. The second-order valence-electron chi connectivity index (χ2n) is 10.2. The summed E-state index contributed by atoms with van der Waals surface area (Å²) >= 11 is 0. The zero-order chi connectivity index (χ0) is 26.3. The summed E-state index contributed by atoms with van der Waals surface area (Å²) < 4.78 is 36.4. The van der Waals surface area contributed by atoms with Crippen LogP contribution in [0.5, 0.6) is 0 Å². The van der Waals surface area contributed by atoms with Crippen molar-refractivity contribution >= 4 is 12.0 Å². The van der Waals surface area contributed by atoms with Crippen molar-refractivity contribution in [1.29, 1.82) is 0 Å². The van der Waals surface area contributed by atoms with Crippen LogP contribution in [0.2, 0.25) is 0 Å². The van der Waals surface area contributed by atoms with Gasteiger partial charge in [0.15, 0.2) is 0 Å². The number of fused-ring (bicyclic) bond motifs is 1. The topological polar surface area (TPSA) is 102 Å². The minimum Gasteiger partial charge on any atom is -0.444 e. The molecule has 3 aromatic rings. The van der Waals surface area contributed by atoms with Crippen LogP contribution in [-0.4, -0.2) is 61.7 Å². The van der Waals surface area contributed by atoms with Crippen LogP contribution in [0.15, 0.2) is 47.0 Å². The predicted molar refractivity (Wildman–Crippen MR) is 128 cm³/mol. The van der Waals surface area contributed by atoms with E-state index in [4.69, 9.17) is 9.15 Å². The first-order valence-corrected chi connectivity index (χ1v) is 12.1. The molecule has 0 unspecified atom stereocenters. The van der Waals surface area contributed by atoms with Crippen LogP contribution >= 0.6 is 0 Å². The Morgan fingerprint density at radius 3 is 2.62 bits per heavy atom. The zero-order valence-electron chi connectivity index (χ0n) is 20.7. The molecule has 0 aliphatic carbocycles. The van der Waals surface area contributed by atoms with Gasteiger partial charge in [-0.05, 0) is 38.8 Å². The SMILES string of the molecule is CC(C)(C)OC(=O)N1CC[C@@H](N2Cc3ncc(-c4nnc(C(F)F)o4)cc3C2=O)[C@@H](c2ccccc2)C1. The predicted octanol–water partition coefficient (Wildman–Crippen LogP) is 4.82. The number of nitrogens with zero attached hydrogens (tertiary/aromatic N) is 5. The molecule has 0 bridgehead atoms. The maximum atomic E-state index is 13.6. The molecule has 4 heterocycles. The van der Waals surface area contributed by atoms with Gasteiger partial charge < -0.3 is 19.0 Å². The van der Waals surface area contributed by atoms with Crippen LogP contribution in [-0.2, 0) is 11.3 Å². The summed E-state index contributed by atoms with van der Waals surface area (Å²) in [6.45, 7) is 6.64. The van der Waals surface area contributed by atoms with E-state index in [0.29, 0.717) is 42.9 Å². The molecular formula is C26H27F2N5O4. The molecule has 0 spiro atoms. The summed E-state index contributed by atoms with van der Waals surface area (Å²) in [5.74, 6) is -1.25. The highest BCUT2D eigenvalue weighted by atomic mass is 19.3. The van der Waals surface area contributed by atoms with E-state index in [-0.39, 0.29) is 29.9 Å². The van der Waals surface area contributed by atoms with Gasteiger partial charge in [-0.1, -0.05) is 30.3 Å². The Kier molecular flexibility index (Phi) is 6.38. The maximum Gasteiger partial charge on any atom is 0.410 e. The first-order valence-electron chi connectivity index (χ1n) is 12.1. The van der Waals surface area contributed by atoms with Crippen LogP contribution in [0.25, 0.3) is 11.5 Å². The molecule has 2 aliphatic rings. The number of hydrogen-bond donors (Lipinski definition) is 0. The molecule has 1 fully saturated rings. The summed E-state index contributed by atoms with van der Waals surface area (Å²) in [6.07, 6.45) is -1.26. The van der Waals surface area contributed by atoms with Crippen LogP contribution in [0.3, 0.4) is 0 Å². The Morgan fingerprint density at radius 2 is 1.95 bits per heavy atom. The first kappa shape index (κ1) is 24.8. The average molecular weight is 512 g/mol. The van der Waals surface area contributed by atoms with E-state index >= 15 is 0 Å². The number of ether oxygens (including phenoxy) is 1. The molecule has 11 heteroatoms. The van der Waals surface area contributed by atoms with E-state index in [1.807, 2.05) is 51.1 Å². The lowest BCUT2D eigenvalue weighted by atomic mass is 9.85. The molecule has 0 N–H and O–H groups in total. The Labute approximate surface area is 212 Å². The Hall–Kier alpha value is -3.89. The van der Waals surface area contributed by atoms with E-state index < -0.39 is 17.9 Å². The molecule has 2 aliphatic heterocycles. The lowest BCUT2D eigenvalue weighted by molar-refractivity contribution is 0.0109.